The third kappa shape index (κ3) is 8.20. The van der Waals surface area contributed by atoms with Gasteiger partial charge in [-0.15, -0.1) is 0 Å². The monoisotopic (exact) mass is 623 g/mol. The number of halogens is 4. The van der Waals surface area contributed by atoms with Gasteiger partial charge in [-0.3, -0.25) is 0 Å². The predicted molar refractivity (Wildman–Crippen MR) is 152 cm³/mol. The molecule has 1 fully saturated rings. The molecule has 0 saturated heterocycles. The molecule has 0 aliphatic heterocycles. The second-order valence-corrected chi connectivity index (χ2v) is 14.5. The molecule has 2 aromatic carbocycles. The summed E-state index contributed by atoms with van der Waals surface area (Å²) in [4.78, 5) is 3.95. The number of benzene rings is 2. The van der Waals surface area contributed by atoms with Gasteiger partial charge >= 0.3 is 14.1 Å². The Morgan fingerprint density at radius 3 is 2.24 bits per heavy atom. The van der Waals surface area contributed by atoms with E-state index in [1.807, 2.05) is 24.3 Å². The van der Waals surface area contributed by atoms with Crippen LogP contribution < -0.4 is 3.71 Å². The van der Waals surface area contributed by atoms with Crippen LogP contribution in [0.3, 0.4) is 0 Å². The summed E-state index contributed by atoms with van der Waals surface area (Å²) < 4.78 is 38.0. The first kappa shape index (κ1) is 30.9. The van der Waals surface area contributed by atoms with Crippen LogP contribution >= 0.6 is 46.8 Å². The van der Waals surface area contributed by atoms with Gasteiger partial charge in [0.05, 0.1) is 12.2 Å². The highest BCUT2D eigenvalue weighted by atomic mass is 35.5. The van der Waals surface area contributed by atoms with E-state index in [2.05, 4.69) is 17.0 Å². The van der Waals surface area contributed by atoms with Crippen LogP contribution in [-0.4, -0.2) is 50.6 Å². The van der Waals surface area contributed by atoms with Crippen molar-refractivity contribution in [2.75, 3.05) is 17.8 Å². The average molecular weight is 625 g/mol. The van der Waals surface area contributed by atoms with Gasteiger partial charge in [-0.2, -0.15) is 25.9 Å². The third-order valence-electron chi connectivity index (χ3n) is 6.12. The summed E-state index contributed by atoms with van der Waals surface area (Å²) in [7, 11) is -1.25. The van der Waals surface area contributed by atoms with Crippen LogP contribution in [0.1, 0.15) is 25.3 Å². The van der Waals surface area contributed by atoms with Gasteiger partial charge in [-0.1, -0.05) is 72.1 Å². The Kier molecular flexibility index (Phi) is 10.4. The molecule has 14 heteroatoms. The Morgan fingerprint density at radius 1 is 1.16 bits per heavy atom. The lowest BCUT2D eigenvalue weighted by molar-refractivity contribution is -0.0442. The number of alkyl halides is 3. The highest BCUT2D eigenvalue weighted by Gasteiger charge is 2.44. The zero-order valence-corrected chi connectivity index (χ0v) is 24.9. The van der Waals surface area contributed by atoms with Crippen molar-refractivity contribution in [2.45, 2.75) is 35.8 Å². The van der Waals surface area contributed by atoms with Gasteiger partial charge in [-0.05, 0) is 54.5 Å². The Hall–Kier alpha value is -1.60. The van der Waals surface area contributed by atoms with Crippen molar-refractivity contribution in [1.82, 2.24) is 19.1 Å². The molecule has 3 aromatic rings. The molecule has 0 amide bonds. The van der Waals surface area contributed by atoms with Crippen molar-refractivity contribution >= 4 is 62.6 Å². The minimum Gasteiger partial charge on any atom is -0.383 e. The van der Waals surface area contributed by atoms with Crippen LogP contribution in [0.4, 0.5) is 10.1 Å². The van der Waals surface area contributed by atoms with Gasteiger partial charge in [-0.25, -0.2) is 9.67 Å². The number of nitrogens with zero attached hydrogens (tertiary/aromatic N) is 5. The topological polar surface area (TPSA) is 91.6 Å². The van der Waals surface area contributed by atoms with Gasteiger partial charge in [0.25, 0.3) is 0 Å². The molecule has 4 rings (SSSR count). The summed E-state index contributed by atoms with van der Waals surface area (Å²) in [6, 6.07) is 15.4. The van der Waals surface area contributed by atoms with Crippen molar-refractivity contribution in [3.8, 4) is 0 Å². The standard InChI is InChI=1S/C15H18ClN3O.C9H11Cl2FN2O2S2/c1-11(12-2-3-12)15(20,8-19-10-17-9-18-19)13-4-6-14(16)7-5-13;1-13(2)18(15,16)14(17-9(10,11)12)8-6-4-3-5-7-8/h4-7,9-12,20H,2-3,8H2,1H3;3-7H,1-2H3. The molecule has 1 heterocycles. The number of aliphatic hydroxyl groups is 1. The van der Waals surface area contributed by atoms with E-state index in [1.165, 1.54) is 45.4 Å². The number of anilines is 1. The lowest BCUT2D eigenvalue weighted by Crippen LogP contribution is -2.39. The number of hydrogen-bond donors (Lipinski definition) is 1. The molecule has 0 spiro atoms. The van der Waals surface area contributed by atoms with Crippen molar-refractivity contribution in [2.24, 2.45) is 11.8 Å². The summed E-state index contributed by atoms with van der Waals surface area (Å²) >= 11 is 16.6. The molecule has 2 unspecified atom stereocenters. The van der Waals surface area contributed by atoms with E-state index >= 15 is 0 Å². The Morgan fingerprint density at radius 2 is 1.76 bits per heavy atom. The summed E-state index contributed by atoms with van der Waals surface area (Å²) in [6.45, 7) is 2.52. The minimum absolute atomic E-state index is 0.158. The quantitative estimate of drug-likeness (QED) is 0.224. The number of aromatic nitrogens is 3. The van der Waals surface area contributed by atoms with Crippen LogP contribution in [0, 0.1) is 11.8 Å². The van der Waals surface area contributed by atoms with E-state index in [9.17, 15) is 17.9 Å². The van der Waals surface area contributed by atoms with Crippen LogP contribution in [0.2, 0.25) is 5.02 Å². The molecule has 1 aromatic heterocycles. The summed E-state index contributed by atoms with van der Waals surface area (Å²) in [5.74, 6) is 0.757. The summed E-state index contributed by atoms with van der Waals surface area (Å²) in [6.07, 6.45) is 5.51. The normalized spacial score (nSPS) is 16.3. The zero-order chi connectivity index (χ0) is 28.1. The molecule has 38 heavy (non-hydrogen) atoms. The fraction of sp³-hybridized carbons (Fsp3) is 0.417. The smallest absolute Gasteiger partial charge is 0.324 e. The van der Waals surface area contributed by atoms with Crippen LogP contribution in [-0.2, 0) is 22.4 Å². The molecule has 1 N–H and O–H groups in total. The zero-order valence-electron chi connectivity index (χ0n) is 21.0. The average Bonchev–Trinajstić information content (AvgIpc) is 3.59. The fourth-order valence-corrected chi connectivity index (χ4v) is 6.78. The van der Waals surface area contributed by atoms with E-state index in [0.29, 0.717) is 17.5 Å². The molecule has 2 atom stereocenters. The van der Waals surface area contributed by atoms with E-state index in [1.54, 1.807) is 29.2 Å². The van der Waals surface area contributed by atoms with Crippen molar-refractivity contribution in [3.05, 3.63) is 77.8 Å². The molecule has 208 valence electrons. The molecule has 1 saturated carbocycles. The maximum Gasteiger partial charge on any atom is 0.324 e. The van der Waals surface area contributed by atoms with Crippen LogP contribution in [0.25, 0.3) is 0 Å². The molecule has 8 nitrogen and oxygen atoms in total. The van der Waals surface area contributed by atoms with Crippen LogP contribution in [0.15, 0.2) is 67.3 Å². The second kappa shape index (κ2) is 12.7. The second-order valence-electron chi connectivity index (χ2n) is 9.04. The third-order valence-corrected chi connectivity index (χ3v) is 9.71. The summed E-state index contributed by atoms with van der Waals surface area (Å²) in [5, 5.41) is 16.1. The maximum absolute atomic E-state index is 13.3. The molecule has 1 aliphatic carbocycles. The van der Waals surface area contributed by atoms with Crippen molar-refractivity contribution < 1.29 is 17.9 Å². The SMILES string of the molecule is CC(C1CC1)C(O)(Cn1cncn1)c1ccc(Cl)cc1.CN(C)S(=O)(=O)N(SC(F)(Cl)Cl)c1ccccc1. The number of para-hydroxylation sites is 1. The lowest BCUT2D eigenvalue weighted by Gasteiger charge is -2.35. The molecular weight excluding hydrogens is 596 g/mol. The maximum atomic E-state index is 13.3. The largest absolute Gasteiger partial charge is 0.383 e. The van der Waals surface area contributed by atoms with Gasteiger partial charge in [0, 0.05) is 31.1 Å². The predicted octanol–water partition coefficient (Wildman–Crippen LogP) is 5.87. The lowest BCUT2D eigenvalue weighted by atomic mass is 9.79. The summed E-state index contributed by atoms with van der Waals surface area (Å²) in [5.41, 5.74) is 0.191. The number of hydrogen-bond acceptors (Lipinski definition) is 6. The van der Waals surface area contributed by atoms with Gasteiger partial charge < -0.3 is 5.11 Å². The van der Waals surface area contributed by atoms with E-state index in [0.717, 1.165) is 13.6 Å². The van der Waals surface area contributed by atoms with Crippen molar-refractivity contribution in [3.63, 3.8) is 0 Å². The van der Waals surface area contributed by atoms with Gasteiger partial charge in [0.15, 0.2) is 0 Å². The highest BCUT2D eigenvalue weighted by molar-refractivity contribution is 8.15. The van der Waals surface area contributed by atoms with E-state index in [4.69, 9.17) is 34.8 Å². The van der Waals surface area contributed by atoms with Crippen molar-refractivity contribution in [1.29, 1.82) is 0 Å². The van der Waals surface area contributed by atoms with Gasteiger partial charge in [0.1, 0.15) is 18.3 Å². The Bertz CT molecular complexity index is 1260. The molecule has 0 bridgehead atoms. The van der Waals surface area contributed by atoms with Crippen LogP contribution in [0.5, 0.6) is 0 Å². The first-order valence-corrected chi connectivity index (χ1v) is 14.9. The van der Waals surface area contributed by atoms with Gasteiger partial charge in [0.2, 0.25) is 0 Å². The number of rotatable bonds is 10. The minimum atomic E-state index is -3.90. The Balaban J connectivity index is 0.000000212. The Labute approximate surface area is 242 Å². The first-order valence-electron chi connectivity index (χ1n) is 11.6. The fourth-order valence-electron chi connectivity index (χ4n) is 3.81. The molecule has 1 aliphatic rings. The highest BCUT2D eigenvalue weighted by Crippen LogP contribution is 2.46. The molecule has 0 radical (unpaired) electrons. The van der Waals surface area contributed by atoms with E-state index < -0.39 is 19.7 Å². The molecular formula is C24H29Cl3FN5O3S2. The van der Waals surface area contributed by atoms with E-state index in [-0.39, 0.29) is 23.6 Å². The first-order chi connectivity index (χ1) is 17.7.